The van der Waals surface area contributed by atoms with E-state index >= 15 is 0 Å². The van der Waals surface area contributed by atoms with E-state index in [1.54, 1.807) is 0 Å². The Morgan fingerprint density at radius 2 is 2.00 bits per heavy atom. The van der Waals surface area contributed by atoms with E-state index in [1.165, 1.54) is 12.1 Å². The molecule has 0 radical (unpaired) electrons. The maximum absolute atomic E-state index is 13.5. The van der Waals surface area contributed by atoms with Crippen LogP contribution in [0.2, 0.25) is 0 Å². The third-order valence-electron chi connectivity index (χ3n) is 4.35. The number of benzene rings is 1. The first-order valence-electron chi connectivity index (χ1n) is 7.52. The zero-order valence-corrected chi connectivity index (χ0v) is 12.2. The number of amides is 1. The van der Waals surface area contributed by atoms with Gasteiger partial charge >= 0.3 is 0 Å². The van der Waals surface area contributed by atoms with Gasteiger partial charge in [-0.1, -0.05) is 6.07 Å². The molecule has 2 heterocycles. The normalized spacial score (nSPS) is 27.4. The largest absolute Gasteiger partial charge is 0.381 e. The van der Waals surface area contributed by atoms with Crippen molar-refractivity contribution in [3.63, 3.8) is 0 Å². The highest BCUT2D eigenvalue weighted by atomic mass is 19.1. The second-order valence-corrected chi connectivity index (χ2v) is 5.96. The molecule has 3 rings (SSSR count). The van der Waals surface area contributed by atoms with Crippen LogP contribution in [-0.2, 0) is 9.53 Å². The molecule has 2 unspecified atom stereocenters. The number of rotatable bonds is 2. The van der Waals surface area contributed by atoms with Crippen LogP contribution in [0.5, 0.6) is 0 Å². The molecule has 114 valence electrons. The van der Waals surface area contributed by atoms with Gasteiger partial charge in [-0.2, -0.15) is 0 Å². The SMILES string of the molecule is Cc1cc(F)cc(C2CNC(C3CCOCC3)C(=O)N2)c1. The van der Waals surface area contributed by atoms with Gasteiger partial charge in [-0.05, 0) is 48.9 Å². The summed E-state index contributed by atoms with van der Waals surface area (Å²) in [5.74, 6) is 0.0832. The highest BCUT2D eigenvalue weighted by molar-refractivity contribution is 5.83. The van der Waals surface area contributed by atoms with Crippen LogP contribution < -0.4 is 10.6 Å². The number of carbonyl (C=O) groups excluding carboxylic acids is 1. The number of aryl methyl sites for hydroxylation is 1. The molecule has 2 N–H and O–H groups in total. The van der Waals surface area contributed by atoms with E-state index in [4.69, 9.17) is 4.74 Å². The number of hydrogen-bond donors (Lipinski definition) is 2. The van der Waals surface area contributed by atoms with Gasteiger partial charge in [0.1, 0.15) is 5.82 Å². The second-order valence-electron chi connectivity index (χ2n) is 5.96. The van der Waals surface area contributed by atoms with E-state index in [1.807, 2.05) is 13.0 Å². The summed E-state index contributed by atoms with van der Waals surface area (Å²) in [5, 5.41) is 6.36. The molecule has 1 aromatic rings. The Bertz CT molecular complexity index is 509. The van der Waals surface area contributed by atoms with Crippen molar-refractivity contribution < 1.29 is 13.9 Å². The first kappa shape index (κ1) is 14.5. The molecular formula is C16H21FN2O2. The summed E-state index contributed by atoms with van der Waals surface area (Å²) in [6.45, 7) is 3.94. The monoisotopic (exact) mass is 292 g/mol. The van der Waals surface area contributed by atoms with Crippen LogP contribution in [0.3, 0.4) is 0 Å². The van der Waals surface area contributed by atoms with Crippen LogP contribution >= 0.6 is 0 Å². The number of hydrogen-bond acceptors (Lipinski definition) is 3. The van der Waals surface area contributed by atoms with Gasteiger partial charge in [-0.15, -0.1) is 0 Å². The Morgan fingerprint density at radius 1 is 1.24 bits per heavy atom. The molecule has 2 saturated heterocycles. The van der Waals surface area contributed by atoms with Crippen molar-refractivity contribution in [2.75, 3.05) is 19.8 Å². The van der Waals surface area contributed by atoms with Crippen LogP contribution in [0.1, 0.15) is 30.0 Å². The minimum atomic E-state index is -0.259. The lowest BCUT2D eigenvalue weighted by Crippen LogP contribution is -2.58. The van der Waals surface area contributed by atoms with Gasteiger partial charge in [-0.3, -0.25) is 4.79 Å². The molecule has 21 heavy (non-hydrogen) atoms. The summed E-state index contributed by atoms with van der Waals surface area (Å²) < 4.78 is 18.8. The van der Waals surface area contributed by atoms with Crippen molar-refractivity contribution in [3.8, 4) is 0 Å². The minimum absolute atomic E-state index is 0.0139. The van der Waals surface area contributed by atoms with E-state index in [0.29, 0.717) is 12.5 Å². The van der Waals surface area contributed by atoms with Crippen LogP contribution in [0.25, 0.3) is 0 Å². The maximum Gasteiger partial charge on any atom is 0.237 e. The zero-order valence-electron chi connectivity index (χ0n) is 12.2. The molecule has 2 fully saturated rings. The molecule has 0 spiro atoms. The van der Waals surface area contributed by atoms with E-state index in [2.05, 4.69) is 10.6 Å². The van der Waals surface area contributed by atoms with Gasteiger partial charge in [0.05, 0.1) is 12.1 Å². The predicted molar refractivity (Wildman–Crippen MR) is 77.4 cm³/mol. The number of halogens is 1. The Balaban J connectivity index is 1.68. The van der Waals surface area contributed by atoms with Crippen molar-refractivity contribution in [2.24, 2.45) is 5.92 Å². The Kier molecular flexibility index (Phi) is 4.22. The van der Waals surface area contributed by atoms with E-state index in [9.17, 15) is 9.18 Å². The van der Waals surface area contributed by atoms with Crippen LogP contribution in [0.15, 0.2) is 18.2 Å². The van der Waals surface area contributed by atoms with Crippen molar-refractivity contribution in [1.82, 2.24) is 10.6 Å². The van der Waals surface area contributed by atoms with Gasteiger partial charge in [-0.25, -0.2) is 4.39 Å². The van der Waals surface area contributed by atoms with Crippen LogP contribution in [0, 0.1) is 18.7 Å². The number of carbonyl (C=O) groups is 1. The van der Waals surface area contributed by atoms with Crippen LogP contribution in [0.4, 0.5) is 4.39 Å². The molecule has 2 atom stereocenters. The number of ether oxygens (including phenoxy) is 1. The summed E-state index contributed by atoms with van der Waals surface area (Å²) in [6.07, 6.45) is 1.82. The Labute approximate surface area is 124 Å². The second kappa shape index (κ2) is 6.12. The van der Waals surface area contributed by atoms with Crippen molar-refractivity contribution in [2.45, 2.75) is 31.8 Å². The fraction of sp³-hybridized carbons (Fsp3) is 0.562. The summed E-state index contributed by atoms with van der Waals surface area (Å²) in [6, 6.07) is 4.59. The van der Waals surface area contributed by atoms with E-state index in [-0.39, 0.29) is 23.8 Å². The van der Waals surface area contributed by atoms with Gasteiger partial charge in [0, 0.05) is 19.8 Å². The summed E-state index contributed by atoms with van der Waals surface area (Å²) in [4.78, 5) is 12.3. The molecule has 2 aliphatic rings. The number of piperazine rings is 1. The first-order valence-corrected chi connectivity index (χ1v) is 7.52. The summed E-state index contributed by atoms with van der Waals surface area (Å²) >= 11 is 0. The molecule has 0 saturated carbocycles. The predicted octanol–water partition coefficient (Wildman–Crippen LogP) is 1.69. The lowest BCUT2D eigenvalue weighted by atomic mass is 9.89. The Hall–Kier alpha value is -1.46. The smallest absolute Gasteiger partial charge is 0.237 e. The van der Waals surface area contributed by atoms with Gasteiger partial charge in [0.15, 0.2) is 0 Å². The third-order valence-corrected chi connectivity index (χ3v) is 4.35. The lowest BCUT2D eigenvalue weighted by molar-refractivity contribution is -0.128. The molecule has 1 amide bonds. The minimum Gasteiger partial charge on any atom is -0.381 e. The van der Waals surface area contributed by atoms with Crippen molar-refractivity contribution in [3.05, 3.63) is 35.1 Å². The first-order chi connectivity index (χ1) is 10.1. The molecule has 0 aromatic heterocycles. The average Bonchev–Trinajstić information content (AvgIpc) is 2.47. The quantitative estimate of drug-likeness (QED) is 0.872. The van der Waals surface area contributed by atoms with E-state index < -0.39 is 0 Å². The maximum atomic E-state index is 13.5. The van der Waals surface area contributed by atoms with Crippen molar-refractivity contribution in [1.29, 1.82) is 0 Å². The summed E-state index contributed by atoms with van der Waals surface area (Å²) in [7, 11) is 0. The molecule has 1 aromatic carbocycles. The molecule has 2 aliphatic heterocycles. The zero-order chi connectivity index (χ0) is 14.8. The third kappa shape index (κ3) is 3.24. The number of nitrogens with one attached hydrogen (secondary N) is 2. The molecule has 0 bridgehead atoms. The van der Waals surface area contributed by atoms with Crippen LogP contribution in [-0.4, -0.2) is 31.7 Å². The van der Waals surface area contributed by atoms with Gasteiger partial charge in [0.25, 0.3) is 0 Å². The van der Waals surface area contributed by atoms with Gasteiger partial charge in [0.2, 0.25) is 5.91 Å². The molecule has 0 aliphatic carbocycles. The van der Waals surface area contributed by atoms with Crippen molar-refractivity contribution >= 4 is 5.91 Å². The standard InChI is InChI=1S/C16H21FN2O2/c1-10-6-12(8-13(17)7-10)14-9-18-15(16(20)19-14)11-2-4-21-5-3-11/h6-8,11,14-15,18H,2-5,9H2,1H3,(H,19,20). The molecule has 5 heteroatoms. The highest BCUT2D eigenvalue weighted by Gasteiger charge is 2.34. The topological polar surface area (TPSA) is 50.4 Å². The fourth-order valence-corrected chi connectivity index (χ4v) is 3.25. The highest BCUT2D eigenvalue weighted by Crippen LogP contribution is 2.24. The molecule has 4 nitrogen and oxygen atoms in total. The van der Waals surface area contributed by atoms with Gasteiger partial charge < -0.3 is 15.4 Å². The Morgan fingerprint density at radius 3 is 2.67 bits per heavy atom. The summed E-state index contributed by atoms with van der Waals surface area (Å²) in [5.41, 5.74) is 1.68. The average molecular weight is 292 g/mol. The molecular weight excluding hydrogens is 271 g/mol. The van der Waals surface area contributed by atoms with E-state index in [0.717, 1.165) is 37.2 Å². The lowest BCUT2D eigenvalue weighted by Gasteiger charge is -2.36. The fourth-order valence-electron chi connectivity index (χ4n) is 3.25.